The number of carbonyl (C=O) groups is 2. The molecule has 7 heteroatoms. The fraction of sp³-hybridized carbons (Fsp3) is 0.0769. The van der Waals surface area contributed by atoms with Crippen LogP contribution in [0.2, 0.25) is 0 Å². The number of thiophene rings is 1. The molecule has 2 rings (SSSR count). The Kier molecular flexibility index (Phi) is 4.75. The standard InChI is InChI=1S/C13H12BrN3O2S/c14-11-6-5-10(20-11)7-16-12(18)8-1-3-9(4-2-8)17-13(15)19/h1-6H,7H2,(H,16,18)(H3,15,17,19). The van der Waals surface area contributed by atoms with Gasteiger partial charge in [-0.2, -0.15) is 0 Å². The molecular weight excluding hydrogens is 342 g/mol. The summed E-state index contributed by atoms with van der Waals surface area (Å²) in [5, 5.41) is 5.26. The molecule has 2 aromatic rings. The highest BCUT2D eigenvalue weighted by atomic mass is 79.9. The van der Waals surface area contributed by atoms with E-state index in [2.05, 4.69) is 26.6 Å². The number of anilines is 1. The van der Waals surface area contributed by atoms with Crippen molar-refractivity contribution in [2.45, 2.75) is 6.54 Å². The zero-order valence-electron chi connectivity index (χ0n) is 10.4. The van der Waals surface area contributed by atoms with Crippen molar-refractivity contribution >= 4 is 44.9 Å². The predicted octanol–water partition coefficient (Wildman–Crippen LogP) is 2.93. The number of nitrogens with one attached hydrogen (secondary N) is 2. The van der Waals surface area contributed by atoms with Gasteiger partial charge >= 0.3 is 6.03 Å². The number of benzene rings is 1. The van der Waals surface area contributed by atoms with Crippen molar-refractivity contribution in [1.82, 2.24) is 5.32 Å². The Morgan fingerprint density at radius 3 is 2.40 bits per heavy atom. The van der Waals surface area contributed by atoms with Crippen LogP contribution < -0.4 is 16.4 Å². The maximum atomic E-state index is 11.9. The second-order valence-electron chi connectivity index (χ2n) is 3.96. The van der Waals surface area contributed by atoms with Crippen molar-refractivity contribution in [3.05, 3.63) is 50.6 Å². The molecule has 1 heterocycles. The molecule has 0 bridgehead atoms. The Balaban J connectivity index is 1.93. The van der Waals surface area contributed by atoms with Gasteiger partial charge in [0.25, 0.3) is 5.91 Å². The summed E-state index contributed by atoms with van der Waals surface area (Å²) in [6, 6.07) is 9.77. The quantitative estimate of drug-likeness (QED) is 0.789. The largest absolute Gasteiger partial charge is 0.351 e. The van der Waals surface area contributed by atoms with Crippen molar-refractivity contribution < 1.29 is 9.59 Å². The summed E-state index contributed by atoms with van der Waals surface area (Å²) in [5.74, 6) is -0.167. The van der Waals surface area contributed by atoms with Gasteiger partial charge in [-0.1, -0.05) is 0 Å². The number of primary amides is 1. The monoisotopic (exact) mass is 353 g/mol. The topological polar surface area (TPSA) is 84.2 Å². The van der Waals surface area contributed by atoms with Crippen LogP contribution in [0.15, 0.2) is 40.2 Å². The van der Waals surface area contributed by atoms with Crippen molar-refractivity contribution in [2.75, 3.05) is 5.32 Å². The molecule has 104 valence electrons. The van der Waals surface area contributed by atoms with E-state index in [1.807, 2.05) is 12.1 Å². The molecule has 5 nitrogen and oxygen atoms in total. The molecule has 4 N–H and O–H groups in total. The normalized spacial score (nSPS) is 10.1. The second-order valence-corrected chi connectivity index (χ2v) is 6.50. The lowest BCUT2D eigenvalue weighted by molar-refractivity contribution is 0.0951. The van der Waals surface area contributed by atoms with E-state index in [-0.39, 0.29) is 5.91 Å². The lowest BCUT2D eigenvalue weighted by Crippen LogP contribution is -2.22. The molecule has 0 aliphatic rings. The van der Waals surface area contributed by atoms with E-state index in [1.165, 1.54) is 0 Å². The van der Waals surface area contributed by atoms with Crippen LogP contribution in [0.3, 0.4) is 0 Å². The number of rotatable bonds is 4. The van der Waals surface area contributed by atoms with Crippen LogP contribution in [0.4, 0.5) is 10.5 Å². The average Bonchev–Trinajstić information content (AvgIpc) is 2.82. The van der Waals surface area contributed by atoms with E-state index < -0.39 is 6.03 Å². The van der Waals surface area contributed by atoms with Crippen LogP contribution >= 0.6 is 27.3 Å². The number of carbonyl (C=O) groups excluding carboxylic acids is 2. The second kappa shape index (κ2) is 6.53. The summed E-state index contributed by atoms with van der Waals surface area (Å²) < 4.78 is 1.03. The zero-order valence-corrected chi connectivity index (χ0v) is 12.8. The van der Waals surface area contributed by atoms with Gasteiger partial charge in [0.1, 0.15) is 0 Å². The summed E-state index contributed by atoms with van der Waals surface area (Å²) in [7, 11) is 0. The third kappa shape index (κ3) is 4.07. The van der Waals surface area contributed by atoms with Crippen LogP contribution in [0.25, 0.3) is 0 Å². The van der Waals surface area contributed by atoms with Gasteiger partial charge < -0.3 is 16.4 Å². The van der Waals surface area contributed by atoms with Gasteiger partial charge in [0.2, 0.25) is 0 Å². The van der Waals surface area contributed by atoms with Crippen molar-refractivity contribution in [3.8, 4) is 0 Å². The van der Waals surface area contributed by atoms with Gasteiger partial charge in [-0.25, -0.2) is 4.79 Å². The molecule has 0 saturated heterocycles. The first-order valence-electron chi connectivity index (χ1n) is 5.73. The van der Waals surface area contributed by atoms with Crippen molar-refractivity contribution in [2.24, 2.45) is 5.73 Å². The first-order valence-corrected chi connectivity index (χ1v) is 7.34. The molecule has 0 unspecified atom stereocenters. The molecule has 20 heavy (non-hydrogen) atoms. The Morgan fingerprint density at radius 2 is 1.85 bits per heavy atom. The maximum absolute atomic E-state index is 11.9. The molecule has 3 amide bonds. The molecule has 0 fully saturated rings. The van der Waals surface area contributed by atoms with E-state index in [0.717, 1.165) is 8.66 Å². The Hall–Kier alpha value is -1.86. The SMILES string of the molecule is NC(=O)Nc1ccc(C(=O)NCc2ccc(Br)s2)cc1. The zero-order chi connectivity index (χ0) is 14.5. The highest BCUT2D eigenvalue weighted by Gasteiger charge is 2.06. The highest BCUT2D eigenvalue weighted by Crippen LogP contribution is 2.21. The lowest BCUT2D eigenvalue weighted by Gasteiger charge is -2.05. The molecule has 0 atom stereocenters. The number of nitrogens with two attached hydrogens (primary N) is 1. The Labute approximate surface area is 128 Å². The minimum atomic E-state index is -0.634. The third-order valence-electron chi connectivity index (χ3n) is 2.47. The number of urea groups is 1. The first kappa shape index (κ1) is 14.5. The summed E-state index contributed by atoms with van der Waals surface area (Å²) >= 11 is 4.95. The number of amides is 3. The van der Waals surface area contributed by atoms with Crippen LogP contribution in [0.5, 0.6) is 0 Å². The van der Waals surface area contributed by atoms with Crippen LogP contribution in [0.1, 0.15) is 15.2 Å². The maximum Gasteiger partial charge on any atom is 0.316 e. The van der Waals surface area contributed by atoms with E-state index in [9.17, 15) is 9.59 Å². The summed E-state index contributed by atoms with van der Waals surface area (Å²) in [5.41, 5.74) is 6.08. The third-order valence-corrected chi connectivity index (χ3v) is 4.09. The molecule has 0 aliphatic heterocycles. The lowest BCUT2D eigenvalue weighted by atomic mass is 10.2. The van der Waals surface area contributed by atoms with E-state index in [0.29, 0.717) is 17.8 Å². The number of halogens is 1. The van der Waals surface area contributed by atoms with E-state index in [4.69, 9.17) is 5.73 Å². The fourth-order valence-corrected chi connectivity index (χ4v) is 2.99. The molecule has 0 radical (unpaired) electrons. The highest BCUT2D eigenvalue weighted by molar-refractivity contribution is 9.11. The van der Waals surface area contributed by atoms with Crippen LogP contribution in [-0.2, 0) is 6.54 Å². The van der Waals surface area contributed by atoms with E-state index in [1.54, 1.807) is 35.6 Å². The number of hydrogen-bond acceptors (Lipinski definition) is 3. The smallest absolute Gasteiger partial charge is 0.316 e. The molecule has 0 saturated carbocycles. The van der Waals surface area contributed by atoms with Crippen molar-refractivity contribution in [1.29, 1.82) is 0 Å². The average molecular weight is 354 g/mol. The Morgan fingerprint density at radius 1 is 1.15 bits per heavy atom. The van der Waals surface area contributed by atoms with E-state index >= 15 is 0 Å². The molecule has 1 aromatic heterocycles. The predicted molar refractivity (Wildman–Crippen MR) is 82.8 cm³/mol. The van der Waals surface area contributed by atoms with Gasteiger partial charge in [0.15, 0.2) is 0 Å². The molecule has 0 spiro atoms. The molecule has 0 aliphatic carbocycles. The fourth-order valence-electron chi connectivity index (χ4n) is 1.56. The summed E-state index contributed by atoms with van der Waals surface area (Å²) in [6.45, 7) is 0.483. The van der Waals surface area contributed by atoms with Crippen LogP contribution in [0, 0.1) is 0 Å². The summed E-state index contributed by atoms with van der Waals surface area (Å²) in [4.78, 5) is 23.7. The van der Waals surface area contributed by atoms with Gasteiger partial charge in [0.05, 0.1) is 10.3 Å². The Bertz CT molecular complexity index is 625. The summed E-state index contributed by atoms with van der Waals surface area (Å²) in [6.07, 6.45) is 0. The molecule has 1 aromatic carbocycles. The van der Waals surface area contributed by atoms with Gasteiger partial charge in [-0.3, -0.25) is 4.79 Å². The van der Waals surface area contributed by atoms with Crippen molar-refractivity contribution in [3.63, 3.8) is 0 Å². The number of hydrogen-bond donors (Lipinski definition) is 3. The van der Waals surface area contributed by atoms with Gasteiger partial charge in [0, 0.05) is 16.1 Å². The van der Waals surface area contributed by atoms with Gasteiger partial charge in [-0.05, 0) is 52.3 Å². The van der Waals surface area contributed by atoms with Crippen LogP contribution in [-0.4, -0.2) is 11.9 Å². The minimum absolute atomic E-state index is 0.167. The van der Waals surface area contributed by atoms with Gasteiger partial charge in [-0.15, -0.1) is 11.3 Å². The minimum Gasteiger partial charge on any atom is -0.351 e. The molecular formula is C13H12BrN3O2S. The first-order chi connectivity index (χ1) is 9.54.